The van der Waals surface area contributed by atoms with Crippen LogP contribution in [-0.4, -0.2) is 38.9 Å². The highest BCUT2D eigenvalue weighted by Crippen LogP contribution is 2.24. The average molecular weight is 360 g/mol. The van der Waals surface area contributed by atoms with E-state index in [1.165, 1.54) is 0 Å². The van der Waals surface area contributed by atoms with Gasteiger partial charge in [-0.1, -0.05) is 30.3 Å². The lowest BCUT2D eigenvalue weighted by Crippen LogP contribution is -2.39. The number of nitrogens with zero attached hydrogens (tertiary/aromatic N) is 3. The fraction of sp³-hybridized carbons (Fsp3) is 0.286. The Labute approximate surface area is 156 Å². The van der Waals surface area contributed by atoms with E-state index in [2.05, 4.69) is 10.3 Å². The van der Waals surface area contributed by atoms with Gasteiger partial charge in [-0.25, -0.2) is 4.98 Å². The van der Waals surface area contributed by atoms with E-state index >= 15 is 0 Å². The number of carbonyl (C=O) groups excluding carboxylic acids is 2. The molecule has 27 heavy (non-hydrogen) atoms. The first-order valence-corrected chi connectivity index (χ1v) is 9.33. The van der Waals surface area contributed by atoms with E-state index in [-0.39, 0.29) is 11.8 Å². The Bertz CT molecular complexity index is 1040. The molecule has 1 saturated carbocycles. The van der Waals surface area contributed by atoms with Gasteiger partial charge < -0.3 is 14.8 Å². The van der Waals surface area contributed by atoms with Crippen molar-refractivity contribution in [3.8, 4) is 0 Å². The van der Waals surface area contributed by atoms with Gasteiger partial charge >= 0.3 is 0 Å². The molecule has 0 atom stereocenters. The minimum absolute atomic E-state index is 0.0646. The summed E-state index contributed by atoms with van der Waals surface area (Å²) < 4.78 is 1.96. The van der Waals surface area contributed by atoms with Crippen molar-refractivity contribution in [1.82, 2.24) is 19.8 Å². The van der Waals surface area contributed by atoms with Gasteiger partial charge in [-0.3, -0.25) is 9.59 Å². The number of hydrogen-bond acceptors (Lipinski definition) is 3. The number of rotatable bonds is 4. The quantitative estimate of drug-likeness (QED) is 0.778. The molecule has 0 saturated heterocycles. The van der Waals surface area contributed by atoms with Crippen LogP contribution in [0.2, 0.25) is 0 Å². The van der Waals surface area contributed by atoms with E-state index in [1.54, 1.807) is 6.07 Å². The summed E-state index contributed by atoms with van der Waals surface area (Å²) in [5.41, 5.74) is 3.30. The van der Waals surface area contributed by atoms with Crippen molar-refractivity contribution in [2.75, 3.05) is 6.54 Å². The molecule has 136 valence electrons. The second-order valence-corrected chi connectivity index (χ2v) is 7.25. The van der Waals surface area contributed by atoms with E-state index in [0.717, 1.165) is 23.9 Å². The summed E-state index contributed by atoms with van der Waals surface area (Å²) in [7, 11) is 0. The van der Waals surface area contributed by atoms with Gasteiger partial charge in [0.2, 0.25) is 0 Å². The summed E-state index contributed by atoms with van der Waals surface area (Å²) in [6, 6.07) is 15.8. The van der Waals surface area contributed by atoms with Crippen LogP contribution < -0.4 is 5.32 Å². The Morgan fingerprint density at radius 3 is 2.70 bits per heavy atom. The van der Waals surface area contributed by atoms with E-state index in [1.807, 2.05) is 51.9 Å². The summed E-state index contributed by atoms with van der Waals surface area (Å²) in [6.45, 7) is 1.94. The molecule has 2 aromatic carbocycles. The summed E-state index contributed by atoms with van der Waals surface area (Å²) >= 11 is 0. The van der Waals surface area contributed by atoms with Crippen molar-refractivity contribution < 1.29 is 9.59 Å². The van der Waals surface area contributed by atoms with Crippen LogP contribution in [0.15, 0.2) is 48.5 Å². The van der Waals surface area contributed by atoms with Gasteiger partial charge in [-0.2, -0.15) is 0 Å². The Hall–Kier alpha value is -3.15. The van der Waals surface area contributed by atoms with E-state index < -0.39 is 0 Å². The van der Waals surface area contributed by atoms with Crippen LogP contribution in [0.1, 0.15) is 39.4 Å². The molecule has 6 heteroatoms. The van der Waals surface area contributed by atoms with Crippen molar-refractivity contribution in [3.63, 3.8) is 0 Å². The topological polar surface area (TPSA) is 67.2 Å². The molecule has 1 aliphatic carbocycles. The molecular weight excluding hydrogens is 340 g/mol. The normalized spacial score (nSPS) is 16.4. The third kappa shape index (κ3) is 2.97. The van der Waals surface area contributed by atoms with Gasteiger partial charge in [0.1, 0.15) is 0 Å². The molecule has 1 N–H and O–H groups in total. The molecule has 1 aliphatic heterocycles. The van der Waals surface area contributed by atoms with Crippen molar-refractivity contribution >= 4 is 22.8 Å². The van der Waals surface area contributed by atoms with Crippen LogP contribution in [0, 0.1) is 0 Å². The zero-order valence-corrected chi connectivity index (χ0v) is 14.9. The largest absolute Gasteiger partial charge is 0.349 e. The van der Waals surface area contributed by atoms with Crippen molar-refractivity contribution in [2.24, 2.45) is 0 Å². The number of aromatic nitrogens is 2. The Morgan fingerprint density at radius 2 is 1.93 bits per heavy atom. The number of hydrogen-bond donors (Lipinski definition) is 1. The maximum atomic E-state index is 12.9. The molecule has 2 aliphatic rings. The Kier molecular flexibility index (Phi) is 3.70. The molecular formula is C21H20N4O2. The second kappa shape index (κ2) is 6.23. The van der Waals surface area contributed by atoms with E-state index in [0.29, 0.717) is 42.6 Å². The lowest BCUT2D eigenvalue weighted by Gasteiger charge is -2.27. The van der Waals surface area contributed by atoms with Crippen LogP contribution in [-0.2, 0) is 13.1 Å². The third-order valence-corrected chi connectivity index (χ3v) is 5.21. The predicted octanol–water partition coefficient (Wildman–Crippen LogP) is 2.58. The molecule has 5 rings (SSSR count). The van der Waals surface area contributed by atoms with Crippen LogP contribution in [0.25, 0.3) is 11.0 Å². The first kappa shape index (κ1) is 16.1. The van der Waals surface area contributed by atoms with Crippen molar-refractivity contribution in [2.45, 2.75) is 32.0 Å². The molecule has 1 fully saturated rings. The van der Waals surface area contributed by atoms with Gasteiger partial charge in [0.25, 0.3) is 11.8 Å². The molecule has 2 amide bonds. The van der Waals surface area contributed by atoms with Gasteiger partial charge in [-0.05, 0) is 36.6 Å². The van der Waals surface area contributed by atoms with Crippen molar-refractivity contribution in [3.05, 3.63) is 65.5 Å². The number of amides is 2. The van der Waals surface area contributed by atoms with Gasteiger partial charge in [0, 0.05) is 31.2 Å². The fourth-order valence-electron chi connectivity index (χ4n) is 3.58. The number of carbonyl (C=O) groups is 2. The first-order valence-electron chi connectivity index (χ1n) is 9.33. The molecule has 0 unspecified atom stereocenters. The standard InChI is InChI=1S/C21H20N4O2/c26-20(22-16-7-8-16)15-6-9-18-17(12-15)23-19-21(27)24(10-11-25(18)19)13-14-4-2-1-3-5-14/h1-6,9,12,16H,7-8,10-11,13H2,(H,22,26). The predicted molar refractivity (Wildman–Crippen MR) is 101 cm³/mol. The smallest absolute Gasteiger partial charge is 0.290 e. The monoisotopic (exact) mass is 360 g/mol. The maximum Gasteiger partial charge on any atom is 0.290 e. The molecule has 3 aromatic rings. The van der Waals surface area contributed by atoms with Gasteiger partial charge in [0.15, 0.2) is 5.82 Å². The van der Waals surface area contributed by atoms with Gasteiger partial charge in [0.05, 0.1) is 11.0 Å². The molecule has 1 aromatic heterocycles. The zero-order valence-electron chi connectivity index (χ0n) is 14.9. The summed E-state index contributed by atoms with van der Waals surface area (Å²) in [5.74, 6) is 0.319. The Morgan fingerprint density at radius 1 is 1.11 bits per heavy atom. The molecule has 6 nitrogen and oxygen atoms in total. The van der Waals surface area contributed by atoms with Crippen molar-refractivity contribution in [1.29, 1.82) is 0 Å². The molecule has 0 spiro atoms. The third-order valence-electron chi connectivity index (χ3n) is 5.21. The summed E-state index contributed by atoms with van der Waals surface area (Å²) in [5, 5.41) is 2.99. The molecule has 0 radical (unpaired) electrons. The average Bonchev–Trinajstić information content (AvgIpc) is 3.42. The molecule has 0 bridgehead atoms. The minimum Gasteiger partial charge on any atom is -0.349 e. The minimum atomic E-state index is -0.0672. The fourth-order valence-corrected chi connectivity index (χ4v) is 3.58. The maximum absolute atomic E-state index is 12.9. The lowest BCUT2D eigenvalue weighted by molar-refractivity contribution is 0.0685. The number of benzene rings is 2. The SMILES string of the molecule is O=C(NC1CC1)c1ccc2c(c1)nc1n2CCN(Cc2ccccc2)C1=O. The highest BCUT2D eigenvalue weighted by molar-refractivity contribution is 6.00. The number of nitrogens with one attached hydrogen (secondary N) is 1. The number of imidazole rings is 1. The highest BCUT2D eigenvalue weighted by atomic mass is 16.2. The van der Waals surface area contributed by atoms with Crippen LogP contribution in [0.3, 0.4) is 0 Å². The summed E-state index contributed by atoms with van der Waals surface area (Å²) in [6.07, 6.45) is 2.11. The number of fused-ring (bicyclic) bond motifs is 3. The second-order valence-electron chi connectivity index (χ2n) is 7.25. The lowest BCUT2D eigenvalue weighted by atomic mass is 10.2. The van der Waals surface area contributed by atoms with Gasteiger partial charge in [-0.15, -0.1) is 0 Å². The van der Waals surface area contributed by atoms with Crippen LogP contribution in [0.4, 0.5) is 0 Å². The van der Waals surface area contributed by atoms with E-state index in [4.69, 9.17) is 0 Å². The summed E-state index contributed by atoms with van der Waals surface area (Å²) in [4.78, 5) is 31.6. The zero-order chi connectivity index (χ0) is 18.4. The molecule has 2 heterocycles. The van der Waals surface area contributed by atoms with E-state index in [9.17, 15) is 9.59 Å². The van der Waals surface area contributed by atoms with Crippen LogP contribution >= 0.6 is 0 Å². The Balaban J connectivity index is 1.43. The highest BCUT2D eigenvalue weighted by Gasteiger charge is 2.29. The van der Waals surface area contributed by atoms with Crippen LogP contribution in [0.5, 0.6) is 0 Å². The first-order chi connectivity index (χ1) is 13.2.